The van der Waals surface area contributed by atoms with Gasteiger partial charge in [-0.15, -0.1) is 0 Å². The summed E-state index contributed by atoms with van der Waals surface area (Å²) in [5, 5.41) is 6.60. The van der Waals surface area contributed by atoms with E-state index in [1.54, 1.807) is 0 Å². The predicted octanol–water partition coefficient (Wildman–Crippen LogP) is 3.79. The quantitative estimate of drug-likeness (QED) is 0.872. The zero-order chi connectivity index (χ0) is 17.7. The Labute approximate surface area is 150 Å². The van der Waals surface area contributed by atoms with Crippen LogP contribution in [0.25, 0.3) is 11.1 Å². The van der Waals surface area contributed by atoms with E-state index in [2.05, 4.69) is 59.2 Å². The molecule has 3 heteroatoms. The molecule has 1 amide bonds. The summed E-state index contributed by atoms with van der Waals surface area (Å²) < 4.78 is 0. The molecule has 0 unspecified atom stereocenters. The first-order valence-corrected chi connectivity index (χ1v) is 9.26. The second-order valence-electron chi connectivity index (χ2n) is 7.39. The zero-order valence-corrected chi connectivity index (χ0v) is 15.2. The van der Waals surface area contributed by atoms with Crippen LogP contribution in [-0.2, 0) is 11.2 Å². The topological polar surface area (TPSA) is 41.1 Å². The summed E-state index contributed by atoms with van der Waals surface area (Å²) in [6, 6.07) is 19.1. The molecular formula is C22H28N2O. The number of benzene rings is 2. The van der Waals surface area contributed by atoms with Gasteiger partial charge in [-0.1, -0.05) is 54.6 Å². The summed E-state index contributed by atoms with van der Waals surface area (Å²) in [6.45, 7) is 5.80. The van der Waals surface area contributed by atoms with Crippen LogP contribution < -0.4 is 10.6 Å². The fourth-order valence-corrected chi connectivity index (χ4v) is 3.75. The van der Waals surface area contributed by atoms with Crippen LogP contribution in [0.15, 0.2) is 54.6 Å². The Kier molecular flexibility index (Phi) is 5.54. The van der Waals surface area contributed by atoms with E-state index in [0.717, 1.165) is 32.4 Å². The lowest BCUT2D eigenvalue weighted by Crippen LogP contribution is -2.53. The molecule has 0 bridgehead atoms. The van der Waals surface area contributed by atoms with Gasteiger partial charge in [-0.2, -0.15) is 0 Å². The molecule has 3 rings (SSSR count). The largest absolute Gasteiger partial charge is 0.353 e. The van der Waals surface area contributed by atoms with Gasteiger partial charge in [0.15, 0.2) is 0 Å². The maximum atomic E-state index is 13.0. The summed E-state index contributed by atoms with van der Waals surface area (Å²) in [7, 11) is 0. The molecule has 1 heterocycles. The lowest BCUT2D eigenvalue weighted by atomic mass is 9.73. The van der Waals surface area contributed by atoms with Crippen molar-refractivity contribution in [1.82, 2.24) is 10.6 Å². The molecule has 1 aliphatic rings. The fourth-order valence-electron chi connectivity index (χ4n) is 3.75. The Morgan fingerprint density at radius 1 is 1.12 bits per heavy atom. The Morgan fingerprint density at radius 2 is 1.84 bits per heavy atom. The van der Waals surface area contributed by atoms with Crippen molar-refractivity contribution in [3.8, 4) is 11.1 Å². The summed E-state index contributed by atoms with van der Waals surface area (Å²) in [4.78, 5) is 13.0. The van der Waals surface area contributed by atoms with Crippen LogP contribution in [0, 0.1) is 5.41 Å². The lowest BCUT2D eigenvalue weighted by Gasteiger charge is -2.37. The highest BCUT2D eigenvalue weighted by Crippen LogP contribution is 2.35. The number of carbonyl (C=O) groups is 1. The third kappa shape index (κ3) is 4.10. The maximum Gasteiger partial charge on any atom is 0.228 e. The third-order valence-corrected chi connectivity index (χ3v) is 5.00. The summed E-state index contributed by atoms with van der Waals surface area (Å²) >= 11 is 0. The Hall–Kier alpha value is -2.13. The standard InChI is InChI=1S/C22H28N2O/c1-17(2)24-21(25)22(13-8-14-23-16-22)15-19-11-6-7-12-20(19)18-9-4-3-5-10-18/h3-7,9-12,17,23H,8,13-16H2,1-2H3,(H,24,25)/t22-/m0/s1. The molecule has 0 saturated carbocycles. The molecule has 2 aromatic rings. The number of piperidine rings is 1. The van der Waals surface area contributed by atoms with E-state index in [-0.39, 0.29) is 17.4 Å². The van der Waals surface area contributed by atoms with Crippen LogP contribution in [0.3, 0.4) is 0 Å². The van der Waals surface area contributed by atoms with E-state index in [9.17, 15) is 4.79 Å². The van der Waals surface area contributed by atoms with E-state index in [0.29, 0.717) is 0 Å². The Morgan fingerprint density at radius 3 is 2.52 bits per heavy atom. The van der Waals surface area contributed by atoms with Crippen LogP contribution in [0.2, 0.25) is 0 Å². The van der Waals surface area contributed by atoms with Crippen LogP contribution in [0.1, 0.15) is 32.3 Å². The first kappa shape index (κ1) is 17.7. The minimum atomic E-state index is -0.368. The number of hydrogen-bond acceptors (Lipinski definition) is 2. The molecule has 1 aliphatic heterocycles. The van der Waals surface area contributed by atoms with Crippen LogP contribution in [-0.4, -0.2) is 25.0 Å². The van der Waals surface area contributed by atoms with Crippen LogP contribution in [0.5, 0.6) is 0 Å². The molecule has 2 N–H and O–H groups in total. The molecular weight excluding hydrogens is 308 g/mol. The molecule has 1 atom stereocenters. The molecule has 25 heavy (non-hydrogen) atoms. The monoisotopic (exact) mass is 336 g/mol. The molecule has 0 aromatic heterocycles. The zero-order valence-electron chi connectivity index (χ0n) is 15.2. The smallest absolute Gasteiger partial charge is 0.228 e. The minimum Gasteiger partial charge on any atom is -0.353 e. The molecule has 3 nitrogen and oxygen atoms in total. The highest BCUT2D eigenvalue weighted by atomic mass is 16.2. The van der Waals surface area contributed by atoms with Gasteiger partial charge in [0.25, 0.3) is 0 Å². The summed E-state index contributed by atoms with van der Waals surface area (Å²) in [6.07, 6.45) is 2.74. The van der Waals surface area contributed by atoms with Crippen molar-refractivity contribution in [3.63, 3.8) is 0 Å². The van der Waals surface area contributed by atoms with E-state index >= 15 is 0 Å². The minimum absolute atomic E-state index is 0.163. The Balaban J connectivity index is 1.94. The molecule has 0 spiro atoms. The maximum absolute atomic E-state index is 13.0. The molecule has 1 fully saturated rings. The first-order chi connectivity index (χ1) is 12.1. The predicted molar refractivity (Wildman–Crippen MR) is 103 cm³/mol. The molecule has 1 saturated heterocycles. The fraction of sp³-hybridized carbons (Fsp3) is 0.409. The van der Waals surface area contributed by atoms with E-state index in [4.69, 9.17) is 0 Å². The summed E-state index contributed by atoms with van der Waals surface area (Å²) in [5.41, 5.74) is 3.32. The van der Waals surface area contributed by atoms with E-state index in [1.807, 2.05) is 19.9 Å². The van der Waals surface area contributed by atoms with Crippen LogP contribution in [0.4, 0.5) is 0 Å². The van der Waals surface area contributed by atoms with Crippen molar-refractivity contribution in [2.75, 3.05) is 13.1 Å². The SMILES string of the molecule is CC(C)NC(=O)[C@]1(Cc2ccccc2-c2ccccc2)CCCNC1. The normalized spacial score (nSPS) is 20.4. The highest BCUT2D eigenvalue weighted by Gasteiger charge is 2.40. The molecule has 0 aliphatic carbocycles. The number of rotatable bonds is 5. The highest BCUT2D eigenvalue weighted by molar-refractivity contribution is 5.84. The van der Waals surface area contributed by atoms with Gasteiger partial charge in [-0.05, 0) is 56.3 Å². The average Bonchev–Trinajstić information content (AvgIpc) is 2.63. The molecule has 2 aromatic carbocycles. The summed E-state index contributed by atoms with van der Waals surface area (Å²) in [5.74, 6) is 0.178. The van der Waals surface area contributed by atoms with E-state index in [1.165, 1.54) is 16.7 Å². The van der Waals surface area contributed by atoms with Gasteiger partial charge in [0.05, 0.1) is 5.41 Å². The van der Waals surface area contributed by atoms with Crippen molar-refractivity contribution in [2.45, 2.75) is 39.2 Å². The second-order valence-corrected chi connectivity index (χ2v) is 7.39. The van der Waals surface area contributed by atoms with Crippen LogP contribution >= 0.6 is 0 Å². The Bertz CT molecular complexity index is 703. The van der Waals surface area contributed by atoms with Crippen molar-refractivity contribution in [2.24, 2.45) is 5.41 Å². The second kappa shape index (κ2) is 7.83. The lowest BCUT2D eigenvalue weighted by molar-refractivity contribution is -0.132. The van der Waals surface area contributed by atoms with Gasteiger partial charge < -0.3 is 10.6 Å². The molecule has 0 radical (unpaired) electrons. The van der Waals surface area contributed by atoms with Gasteiger partial charge in [0.2, 0.25) is 5.91 Å². The third-order valence-electron chi connectivity index (χ3n) is 5.00. The molecule has 132 valence electrons. The van der Waals surface area contributed by atoms with Gasteiger partial charge in [0.1, 0.15) is 0 Å². The number of nitrogens with one attached hydrogen (secondary N) is 2. The van der Waals surface area contributed by atoms with Gasteiger partial charge in [-0.25, -0.2) is 0 Å². The average molecular weight is 336 g/mol. The van der Waals surface area contributed by atoms with Crippen molar-refractivity contribution in [1.29, 1.82) is 0 Å². The first-order valence-electron chi connectivity index (χ1n) is 9.26. The van der Waals surface area contributed by atoms with Gasteiger partial charge in [0, 0.05) is 12.6 Å². The van der Waals surface area contributed by atoms with Crippen molar-refractivity contribution in [3.05, 3.63) is 60.2 Å². The number of carbonyl (C=O) groups excluding carboxylic acids is 1. The van der Waals surface area contributed by atoms with Gasteiger partial charge >= 0.3 is 0 Å². The van der Waals surface area contributed by atoms with Gasteiger partial charge in [-0.3, -0.25) is 4.79 Å². The van der Waals surface area contributed by atoms with E-state index < -0.39 is 0 Å². The van der Waals surface area contributed by atoms with Crippen molar-refractivity contribution >= 4 is 5.91 Å². The number of amides is 1. The van der Waals surface area contributed by atoms with Crippen molar-refractivity contribution < 1.29 is 4.79 Å². The number of hydrogen-bond donors (Lipinski definition) is 2.